The van der Waals surface area contributed by atoms with E-state index in [1.54, 1.807) is 0 Å². The molecule has 27 heavy (non-hydrogen) atoms. The van der Waals surface area contributed by atoms with Gasteiger partial charge in [-0.3, -0.25) is 4.99 Å². The normalized spacial score (nSPS) is 20.3. The maximum Gasteiger partial charge on any atom is 0.191 e. The average molecular weight is 506 g/mol. The number of piperidine rings is 1. The lowest BCUT2D eigenvalue weighted by Crippen LogP contribution is -2.51. The molecule has 0 aromatic carbocycles. The minimum atomic E-state index is 0. The van der Waals surface area contributed by atoms with E-state index in [1.807, 2.05) is 24.6 Å². The molecule has 1 aromatic heterocycles. The standard InChI is InChI=1S/C20H35N5S.HI/c1-3-18-15-23-19(26-18)9-12-22-20(21-2)24-16-10-13-25(14-11-16)17-7-5-4-6-8-17;/h15-17H,3-14H2,1-2H3,(H2,21,22,24);1H. The van der Waals surface area contributed by atoms with E-state index in [2.05, 4.69) is 32.4 Å². The van der Waals surface area contributed by atoms with Crippen LogP contribution < -0.4 is 10.6 Å². The van der Waals surface area contributed by atoms with Crippen LogP contribution in [0.5, 0.6) is 0 Å². The highest BCUT2D eigenvalue weighted by atomic mass is 127. The van der Waals surface area contributed by atoms with Crippen molar-refractivity contribution in [2.45, 2.75) is 76.8 Å². The smallest absolute Gasteiger partial charge is 0.191 e. The Morgan fingerprint density at radius 2 is 1.96 bits per heavy atom. The van der Waals surface area contributed by atoms with E-state index in [9.17, 15) is 0 Å². The molecule has 7 heteroatoms. The number of halogens is 1. The Balaban J connectivity index is 0.00000261. The molecule has 1 saturated heterocycles. The van der Waals surface area contributed by atoms with Gasteiger partial charge in [0.1, 0.15) is 0 Å². The number of guanidine groups is 1. The molecule has 2 aliphatic rings. The Hall–Kier alpha value is -0.410. The van der Waals surface area contributed by atoms with Gasteiger partial charge in [0.2, 0.25) is 0 Å². The first-order valence-electron chi connectivity index (χ1n) is 10.4. The molecule has 5 nitrogen and oxygen atoms in total. The molecule has 1 aromatic rings. The monoisotopic (exact) mass is 505 g/mol. The number of aliphatic imine (C=N–C) groups is 1. The van der Waals surface area contributed by atoms with E-state index in [0.29, 0.717) is 6.04 Å². The number of aryl methyl sites for hydroxylation is 1. The fourth-order valence-electron chi connectivity index (χ4n) is 4.16. The highest BCUT2D eigenvalue weighted by Gasteiger charge is 2.26. The van der Waals surface area contributed by atoms with Crippen LogP contribution in [0.1, 0.15) is 61.8 Å². The van der Waals surface area contributed by atoms with Gasteiger partial charge in [0.05, 0.1) is 5.01 Å². The second-order valence-electron chi connectivity index (χ2n) is 7.57. The molecule has 1 saturated carbocycles. The molecule has 1 aliphatic carbocycles. The third kappa shape index (κ3) is 7.16. The van der Waals surface area contributed by atoms with Crippen molar-refractivity contribution in [2.24, 2.45) is 4.99 Å². The van der Waals surface area contributed by atoms with E-state index < -0.39 is 0 Å². The van der Waals surface area contributed by atoms with Gasteiger partial charge in [-0.1, -0.05) is 26.2 Å². The van der Waals surface area contributed by atoms with Crippen LogP contribution in [0.3, 0.4) is 0 Å². The quantitative estimate of drug-likeness (QED) is 0.351. The van der Waals surface area contributed by atoms with Crippen molar-refractivity contribution < 1.29 is 0 Å². The predicted octanol–water partition coefficient (Wildman–Crippen LogP) is 3.83. The summed E-state index contributed by atoms with van der Waals surface area (Å²) in [6.07, 6.45) is 13.6. The van der Waals surface area contributed by atoms with Crippen molar-refractivity contribution in [2.75, 3.05) is 26.7 Å². The lowest BCUT2D eigenvalue weighted by molar-refractivity contribution is 0.119. The maximum absolute atomic E-state index is 4.49. The molecular formula is C20H36IN5S. The molecule has 0 unspecified atom stereocenters. The maximum atomic E-state index is 4.49. The summed E-state index contributed by atoms with van der Waals surface area (Å²) in [7, 11) is 1.87. The second kappa shape index (κ2) is 12.2. The number of nitrogens with one attached hydrogen (secondary N) is 2. The van der Waals surface area contributed by atoms with Crippen LogP contribution in [-0.2, 0) is 12.8 Å². The lowest BCUT2D eigenvalue weighted by Gasteiger charge is -2.39. The van der Waals surface area contributed by atoms with Crippen molar-refractivity contribution in [1.82, 2.24) is 20.5 Å². The van der Waals surface area contributed by atoms with Crippen LogP contribution >= 0.6 is 35.3 Å². The fraction of sp³-hybridized carbons (Fsp3) is 0.800. The Labute approximate surface area is 185 Å². The van der Waals surface area contributed by atoms with E-state index in [1.165, 1.54) is 67.9 Å². The summed E-state index contributed by atoms with van der Waals surface area (Å²) in [5.41, 5.74) is 0. The number of nitrogens with zero attached hydrogens (tertiary/aromatic N) is 3. The van der Waals surface area contributed by atoms with Crippen LogP contribution in [0.15, 0.2) is 11.2 Å². The van der Waals surface area contributed by atoms with Gasteiger partial charge in [0, 0.05) is 56.3 Å². The molecule has 154 valence electrons. The van der Waals surface area contributed by atoms with E-state index >= 15 is 0 Å². The number of thiazole rings is 1. The highest BCUT2D eigenvalue weighted by Crippen LogP contribution is 2.25. The summed E-state index contributed by atoms with van der Waals surface area (Å²) in [5, 5.41) is 8.30. The SMILES string of the molecule is CCc1cnc(CCNC(=NC)NC2CCN(C3CCCCC3)CC2)s1.I. The van der Waals surface area contributed by atoms with Gasteiger partial charge in [-0.15, -0.1) is 35.3 Å². The third-order valence-corrected chi connectivity index (χ3v) is 6.97. The first kappa shape index (κ1) is 22.9. The number of hydrogen-bond acceptors (Lipinski definition) is 4. The van der Waals surface area contributed by atoms with Crippen LogP contribution in [0.2, 0.25) is 0 Å². The molecule has 2 N–H and O–H groups in total. The molecule has 1 aliphatic heterocycles. The van der Waals surface area contributed by atoms with Gasteiger partial charge in [0.15, 0.2) is 5.96 Å². The van der Waals surface area contributed by atoms with Crippen LogP contribution in [-0.4, -0.2) is 54.6 Å². The molecule has 0 bridgehead atoms. The Morgan fingerprint density at radius 3 is 2.59 bits per heavy atom. The van der Waals surface area contributed by atoms with Crippen LogP contribution in [0.25, 0.3) is 0 Å². The summed E-state index contributed by atoms with van der Waals surface area (Å²) in [6.45, 7) is 5.54. The highest BCUT2D eigenvalue weighted by molar-refractivity contribution is 14.0. The molecule has 3 rings (SSSR count). The first-order valence-corrected chi connectivity index (χ1v) is 11.2. The minimum Gasteiger partial charge on any atom is -0.356 e. The number of likely N-dealkylation sites (tertiary alicyclic amines) is 1. The summed E-state index contributed by atoms with van der Waals surface area (Å²) < 4.78 is 0. The van der Waals surface area contributed by atoms with Crippen LogP contribution in [0, 0.1) is 0 Å². The zero-order valence-corrected chi connectivity index (χ0v) is 20.0. The molecule has 0 atom stereocenters. The van der Waals surface area contributed by atoms with E-state index in [-0.39, 0.29) is 24.0 Å². The summed E-state index contributed by atoms with van der Waals surface area (Å²) in [5.74, 6) is 0.938. The second-order valence-corrected chi connectivity index (χ2v) is 8.77. The predicted molar refractivity (Wildman–Crippen MR) is 127 cm³/mol. The van der Waals surface area contributed by atoms with Gasteiger partial charge < -0.3 is 15.5 Å². The molecule has 0 radical (unpaired) electrons. The minimum absolute atomic E-state index is 0. The number of aromatic nitrogens is 1. The summed E-state index contributed by atoms with van der Waals surface area (Å²) >= 11 is 1.82. The Kier molecular flexibility index (Phi) is 10.3. The molecule has 0 amide bonds. The van der Waals surface area contributed by atoms with E-state index in [0.717, 1.165) is 31.4 Å². The lowest BCUT2D eigenvalue weighted by atomic mass is 9.92. The van der Waals surface area contributed by atoms with Gasteiger partial charge >= 0.3 is 0 Å². The number of hydrogen-bond donors (Lipinski definition) is 2. The fourth-order valence-corrected chi connectivity index (χ4v) is 5.02. The van der Waals surface area contributed by atoms with Crippen molar-refractivity contribution in [3.05, 3.63) is 16.1 Å². The Morgan fingerprint density at radius 1 is 1.22 bits per heavy atom. The van der Waals surface area contributed by atoms with Gasteiger partial charge in [-0.25, -0.2) is 4.98 Å². The average Bonchev–Trinajstić information content (AvgIpc) is 3.16. The van der Waals surface area contributed by atoms with Crippen molar-refractivity contribution >= 4 is 41.3 Å². The first-order chi connectivity index (χ1) is 12.8. The molecule has 0 spiro atoms. The Bertz CT molecular complexity index is 562. The molecular weight excluding hydrogens is 469 g/mol. The zero-order chi connectivity index (χ0) is 18.2. The zero-order valence-electron chi connectivity index (χ0n) is 16.9. The summed E-state index contributed by atoms with van der Waals surface area (Å²) in [4.78, 5) is 13.0. The van der Waals surface area contributed by atoms with E-state index in [4.69, 9.17) is 0 Å². The van der Waals surface area contributed by atoms with Gasteiger partial charge in [-0.2, -0.15) is 0 Å². The van der Waals surface area contributed by atoms with Gasteiger partial charge in [-0.05, 0) is 32.1 Å². The molecule has 2 fully saturated rings. The molecule has 2 heterocycles. The van der Waals surface area contributed by atoms with Gasteiger partial charge in [0.25, 0.3) is 0 Å². The van der Waals surface area contributed by atoms with Crippen molar-refractivity contribution in [3.8, 4) is 0 Å². The largest absolute Gasteiger partial charge is 0.356 e. The number of rotatable bonds is 6. The van der Waals surface area contributed by atoms with Crippen molar-refractivity contribution in [1.29, 1.82) is 0 Å². The third-order valence-electron chi connectivity index (χ3n) is 5.77. The summed E-state index contributed by atoms with van der Waals surface area (Å²) in [6, 6.07) is 1.40. The van der Waals surface area contributed by atoms with Crippen molar-refractivity contribution in [3.63, 3.8) is 0 Å². The van der Waals surface area contributed by atoms with Crippen LogP contribution in [0.4, 0.5) is 0 Å². The topological polar surface area (TPSA) is 52.6 Å².